The van der Waals surface area contributed by atoms with E-state index in [1.165, 1.54) is 0 Å². The number of aromatic amines is 1. The number of amides is 1. The number of hydrogen-bond donors (Lipinski definition) is 2. The molecular formula is C19H22N4O3. The summed E-state index contributed by atoms with van der Waals surface area (Å²) in [6.45, 7) is 4.64. The van der Waals surface area contributed by atoms with E-state index in [9.17, 15) is 9.59 Å². The van der Waals surface area contributed by atoms with Crippen LogP contribution in [0.15, 0.2) is 27.6 Å². The molecule has 3 aromatic rings. The number of benzene rings is 1. The largest absolute Gasteiger partial charge is 0.464 e. The number of hydrogen-bond acceptors (Lipinski definition) is 4. The summed E-state index contributed by atoms with van der Waals surface area (Å²) in [5, 5.41) is 10.6. The van der Waals surface area contributed by atoms with Crippen LogP contribution in [-0.2, 0) is 24.2 Å². The lowest BCUT2D eigenvalue weighted by Crippen LogP contribution is -2.36. The van der Waals surface area contributed by atoms with E-state index in [2.05, 4.69) is 21.6 Å². The van der Waals surface area contributed by atoms with Crippen LogP contribution in [0.5, 0.6) is 0 Å². The maximum absolute atomic E-state index is 12.5. The standard InChI is InChI=1S/C19H22N4O3/c1-11-7-12(2)18-13(10-26-15(18)8-11)9-17(24)20-14-3-4-16-21-22-19(25)23(16)6-5-14/h7-8,10,14H,3-6,9H2,1-2H3,(H,20,24)(H,22,25). The second-order valence-electron chi connectivity index (χ2n) is 7.08. The topological polar surface area (TPSA) is 92.9 Å². The van der Waals surface area contributed by atoms with Gasteiger partial charge in [0.1, 0.15) is 11.4 Å². The lowest BCUT2D eigenvalue weighted by Gasteiger charge is -2.15. The first-order valence-electron chi connectivity index (χ1n) is 8.92. The zero-order chi connectivity index (χ0) is 18.3. The number of carbonyl (C=O) groups is 1. The molecule has 1 unspecified atom stereocenters. The van der Waals surface area contributed by atoms with Crippen LogP contribution in [-0.4, -0.2) is 26.7 Å². The Morgan fingerprint density at radius 2 is 2.23 bits per heavy atom. The second-order valence-corrected chi connectivity index (χ2v) is 7.08. The minimum atomic E-state index is -0.178. The minimum Gasteiger partial charge on any atom is -0.464 e. The number of nitrogens with zero attached hydrogens (tertiary/aromatic N) is 2. The van der Waals surface area contributed by atoms with E-state index in [1.807, 2.05) is 19.9 Å². The molecule has 0 saturated carbocycles. The summed E-state index contributed by atoms with van der Waals surface area (Å²) in [7, 11) is 0. The fourth-order valence-corrected chi connectivity index (χ4v) is 3.86. The maximum Gasteiger partial charge on any atom is 0.343 e. The third kappa shape index (κ3) is 3.05. The molecule has 7 heteroatoms. The lowest BCUT2D eigenvalue weighted by atomic mass is 10.0. The van der Waals surface area contributed by atoms with Gasteiger partial charge in [-0.3, -0.25) is 9.36 Å². The molecule has 1 aliphatic rings. The minimum absolute atomic E-state index is 0.0221. The zero-order valence-corrected chi connectivity index (χ0v) is 15.0. The highest BCUT2D eigenvalue weighted by Gasteiger charge is 2.21. The molecule has 0 radical (unpaired) electrons. The summed E-state index contributed by atoms with van der Waals surface area (Å²) in [5.41, 5.74) is 3.82. The number of rotatable bonds is 3. The summed E-state index contributed by atoms with van der Waals surface area (Å²) in [5.74, 6) is 0.740. The third-order valence-corrected chi connectivity index (χ3v) is 5.06. The molecule has 3 heterocycles. The molecule has 0 bridgehead atoms. The summed E-state index contributed by atoms with van der Waals surface area (Å²) in [6.07, 6.45) is 4.15. The summed E-state index contributed by atoms with van der Waals surface area (Å²) < 4.78 is 7.29. The molecule has 0 saturated heterocycles. The van der Waals surface area contributed by atoms with Crippen molar-refractivity contribution in [2.75, 3.05) is 0 Å². The Morgan fingerprint density at radius 1 is 1.38 bits per heavy atom. The highest BCUT2D eigenvalue weighted by atomic mass is 16.3. The van der Waals surface area contributed by atoms with E-state index in [1.54, 1.807) is 10.8 Å². The number of H-pyrrole nitrogens is 1. The molecular weight excluding hydrogens is 332 g/mol. The van der Waals surface area contributed by atoms with Crippen molar-refractivity contribution in [1.82, 2.24) is 20.1 Å². The Balaban J connectivity index is 1.44. The van der Waals surface area contributed by atoms with Crippen molar-refractivity contribution in [1.29, 1.82) is 0 Å². The van der Waals surface area contributed by atoms with Gasteiger partial charge in [-0.15, -0.1) is 0 Å². The number of carbonyl (C=O) groups excluding carboxylic acids is 1. The zero-order valence-electron chi connectivity index (χ0n) is 15.0. The van der Waals surface area contributed by atoms with Gasteiger partial charge >= 0.3 is 5.69 Å². The fourth-order valence-electron chi connectivity index (χ4n) is 3.86. The first-order chi connectivity index (χ1) is 12.5. The monoisotopic (exact) mass is 354 g/mol. The summed E-state index contributed by atoms with van der Waals surface area (Å²) >= 11 is 0. The van der Waals surface area contributed by atoms with Crippen LogP contribution < -0.4 is 11.0 Å². The maximum atomic E-state index is 12.5. The predicted octanol–water partition coefficient (Wildman–Crippen LogP) is 2.00. The molecule has 4 rings (SSSR count). The van der Waals surface area contributed by atoms with Crippen molar-refractivity contribution >= 4 is 16.9 Å². The Kier molecular flexibility index (Phi) is 4.14. The van der Waals surface area contributed by atoms with Crippen LogP contribution in [0.1, 0.15) is 35.4 Å². The average Bonchev–Trinajstić information content (AvgIpc) is 3.07. The molecule has 0 aliphatic carbocycles. The molecule has 1 amide bonds. The van der Waals surface area contributed by atoms with Crippen molar-refractivity contribution in [3.05, 3.63) is 51.4 Å². The smallest absolute Gasteiger partial charge is 0.343 e. The van der Waals surface area contributed by atoms with Crippen molar-refractivity contribution in [2.24, 2.45) is 0 Å². The van der Waals surface area contributed by atoms with Gasteiger partial charge in [0.05, 0.1) is 12.7 Å². The van der Waals surface area contributed by atoms with Crippen molar-refractivity contribution in [3.63, 3.8) is 0 Å². The Labute approximate surface area is 150 Å². The first kappa shape index (κ1) is 16.6. The quantitative estimate of drug-likeness (QED) is 0.752. The van der Waals surface area contributed by atoms with Gasteiger partial charge in [0, 0.05) is 30.0 Å². The first-order valence-corrected chi connectivity index (χ1v) is 8.92. The van der Waals surface area contributed by atoms with E-state index >= 15 is 0 Å². The van der Waals surface area contributed by atoms with Crippen LogP contribution >= 0.6 is 0 Å². The van der Waals surface area contributed by atoms with Gasteiger partial charge < -0.3 is 9.73 Å². The Hall–Kier alpha value is -2.83. The molecule has 136 valence electrons. The molecule has 1 atom stereocenters. The van der Waals surface area contributed by atoms with Gasteiger partial charge in [0.15, 0.2) is 0 Å². The van der Waals surface area contributed by atoms with Crippen molar-refractivity contribution in [2.45, 2.75) is 52.1 Å². The van der Waals surface area contributed by atoms with Crippen LogP contribution in [0, 0.1) is 13.8 Å². The van der Waals surface area contributed by atoms with Crippen LogP contribution in [0.2, 0.25) is 0 Å². The Bertz CT molecular complexity index is 1030. The van der Waals surface area contributed by atoms with Gasteiger partial charge in [-0.25, -0.2) is 9.89 Å². The molecule has 0 fully saturated rings. The number of furan rings is 1. The molecule has 7 nitrogen and oxygen atoms in total. The van der Waals surface area contributed by atoms with Gasteiger partial charge in [0.2, 0.25) is 5.91 Å². The third-order valence-electron chi connectivity index (χ3n) is 5.06. The number of aryl methyl sites for hydroxylation is 3. The van der Waals surface area contributed by atoms with Crippen molar-refractivity contribution < 1.29 is 9.21 Å². The Morgan fingerprint density at radius 3 is 3.08 bits per heavy atom. The predicted molar refractivity (Wildman–Crippen MR) is 97.1 cm³/mol. The van der Waals surface area contributed by atoms with E-state index in [4.69, 9.17) is 4.42 Å². The molecule has 2 aromatic heterocycles. The normalized spacial score (nSPS) is 17.1. The van der Waals surface area contributed by atoms with Crippen molar-refractivity contribution in [3.8, 4) is 0 Å². The van der Waals surface area contributed by atoms with E-state index < -0.39 is 0 Å². The van der Waals surface area contributed by atoms with Gasteiger partial charge in [0.25, 0.3) is 0 Å². The molecule has 0 spiro atoms. The molecule has 1 aliphatic heterocycles. The van der Waals surface area contributed by atoms with E-state index in [0.717, 1.165) is 46.3 Å². The highest BCUT2D eigenvalue weighted by molar-refractivity contribution is 5.90. The molecule has 1 aromatic carbocycles. The van der Waals surface area contributed by atoms with Crippen LogP contribution in [0.3, 0.4) is 0 Å². The number of aromatic nitrogens is 3. The summed E-state index contributed by atoms with van der Waals surface area (Å²) in [4.78, 5) is 24.2. The SMILES string of the molecule is Cc1cc(C)c2c(CC(=O)NC3CCc4n[nH]c(=O)n4CC3)coc2c1. The molecule has 26 heavy (non-hydrogen) atoms. The highest BCUT2D eigenvalue weighted by Crippen LogP contribution is 2.26. The van der Waals surface area contributed by atoms with Gasteiger partial charge in [-0.05, 0) is 43.9 Å². The second kappa shape index (κ2) is 6.48. The fraction of sp³-hybridized carbons (Fsp3) is 0.421. The van der Waals surface area contributed by atoms with E-state index in [0.29, 0.717) is 19.4 Å². The van der Waals surface area contributed by atoms with Gasteiger partial charge in [-0.2, -0.15) is 5.10 Å². The van der Waals surface area contributed by atoms with Crippen LogP contribution in [0.25, 0.3) is 11.0 Å². The number of nitrogens with one attached hydrogen (secondary N) is 2. The summed E-state index contributed by atoms with van der Waals surface area (Å²) in [6, 6.07) is 4.14. The lowest BCUT2D eigenvalue weighted by molar-refractivity contribution is -0.121. The molecule has 2 N–H and O–H groups in total. The van der Waals surface area contributed by atoms with Crippen LogP contribution in [0.4, 0.5) is 0 Å². The number of fused-ring (bicyclic) bond motifs is 2. The van der Waals surface area contributed by atoms with Gasteiger partial charge in [-0.1, -0.05) is 6.07 Å². The van der Waals surface area contributed by atoms with E-state index in [-0.39, 0.29) is 17.6 Å². The average molecular weight is 354 g/mol.